The number of hydrogen-bond acceptors (Lipinski definition) is 8. The van der Waals surface area contributed by atoms with Gasteiger partial charge in [0.1, 0.15) is 11.6 Å². The molecule has 1 saturated heterocycles. The van der Waals surface area contributed by atoms with Gasteiger partial charge in [-0.15, -0.1) is 5.10 Å². The number of nitrogens with zero attached hydrogens (tertiary/aromatic N) is 7. The van der Waals surface area contributed by atoms with E-state index in [2.05, 4.69) is 48.9 Å². The van der Waals surface area contributed by atoms with E-state index in [4.69, 9.17) is 7.84 Å². The van der Waals surface area contributed by atoms with Gasteiger partial charge in [0.15, 0.2) is 11.6 Å². The van der Waals surface area contributed by atoms with Gasteiger partial charge < -0.3 is 15.1 Å². The summed E-state index contributed by atoms with van der Waals surface area (Å²) in [5, 5.41) is 21.7. The van der Waals surface area contributed by atoms with Crippen LogP contribution in [0, 0.1) is 18.6 Å². The van der Waals surface area contributed by atoms with Crippen LogP contribution in [0.25, 0.3) is 32.9 Å². The van der Waals surface area contributed by atoms with Crippen molar-refractivity contribution in [2.24, 2.45) is 7.05 Å². The summed E-state index contributed by atoms with van der Waals surface area (Å²) in [4.78, 5) is 8.79. The van der Waals surface area contributed by atoms with Gasteiger partial charge in [0.25, 0.3) is 6.43 Å². The number of benzene rings is 3. The van der Waals surface area contributed by atoms with Crippen LogP contribution in [0.3, 0.4) is 0 Å². The number of likely N-dealkylation sites (tertiary alicyclic amines) is 1. The van der Waals surface area contributed by atoms with Crippen LogP contribution >= 0.6 is 0 Å². The van der Waals surface area contributed by atoms with Crippen molar-refractivity contribution in [3.05, 3.63) is 119 Å². The Morgan fingerprint density at radius 1 is 0.982 bits per heavy atom. The molecule has 3 aromatic heterocycles. The molecular weight excluding hydrogens is 707 g/mol. The average Bonchev–Trinajstić information content (AvgIpc) is 3.53. The van der Waals surface area contributed by atoms with Gasteiger partial charge in [-0.25, -0.2) is 17.6 Å². The first-order valence-electron chi connectivity index (χ1n) is 19.6. The molecule has 2 N–H and O–H groups in total. The molecule has 0 bridgehead atoms. The molecule has 2 aliphatic heterocycles. The summed E-state index contributed by atoms with van der Waals surface area (Å²) >= 11 is 0. The Kier molecular flexibility index (Phi) is 9.54. The molecule has 9 nitrogen and oxygen atoms in total. The molecule has 3 atom stereocenters. The van der Waals surface area contributed by atoms with Gasteiger partial charge in [-0.05, 0) is 99.6 Å². The lowest BCUT2D eigenvalue weighted by atomic mass is 9.89. The molecule has 1 fully saturated rings. The van der Waals surface area contributed by atoms with Crippen LogP contribution in [0.15, 0.2) is 79.1 Å². The zero-order valence-corrected chi connectivity index (χ0v) is 30.8. The number of halogens is 4. The number of fused-ring (bicyclic) bond motifs is 2. The minimum atomic E-state index is -2.94. The van der Waals surface area contributed by atoms with Crippen molar-refractivity contribution in [1.29, 1.82) is 0 Å². The number of pyridine rings is 1. The highest BCUT2D eigenvalue weighted by Crippen LogP contribution is 2.35. The lowest BCUT2D eigenvalue weighted by Crippen LogP contribution is -2.34. The van der Waals surface area contributed by atoms with Crippen LogP contribution in [0.4, 0.5) is 29.2 Å². The average molecular weight is 752 g/mol. The zero-order valence-electron chi connectivity index (χ0n) is 32.8. The van der Waals surface area contributed by atoms with Crippen LogP contribution in [0.5, 0.6) is 0 Å². The van der Waals surface area contributed by atoms with Crippen LogP contribution in [0.2, 0.25) is 0 Å². The molecule has 0 amide bonds. The molecule has 3 aromatic carbocycles. The third-order valence-corrected chi connectivity index (χ3v) is 10.8. The second-order valence-electron chi connectivity index (χ2n) is 14.3. The Morgan fingerprint density at radius 3 is 2.60 bits per heavy atom. The summed E-state index contributed by atoms with van der Waals surface area (Å²) in [6, 6.07) is 16.5. The molecule has 284 valence electrons. The molecule has 2 aliphatic rings. The Balaban J connectivity index is 0.940. The summed E-state index contributed by atoms with van der Waals surface area (Å²) in [5.74, 6) is 0.172. The van der Waals surface area contributed by atoms with E-state index in [-0.39, 0.29) is 11.4 Å². The molecule has 0 radical (unpaired) electrons. The minimum absolute atomic E-state index is 0.0862. The predicted molar refractivity (Wildman–Crippen MR) is 208 cm³/mol. The third-order valence-electron chi connectivity index (χ3n) is 10.8. The third kappa shape index (κ3) is 7.38. The smallest absolute Gasteiger partial charge is 0.266 e. The lowest BCUT2D eigenvalue weighted by molar-refractivity contribution is 0.146. The number of piperidine rings is 1. The van der Waals surface area contributed by atoms with Gasteiger partial charge >= 0.3 is 0 Å². The fraction of sp³-hybridized carbons (Fsp3) is 0.333. The predicted octanol–water partition coefficient (Wildman–Crippen LogP) is 8.58. The summed E-state index contributed by atoms with van der Waals surface area (Å²) in [6.45, 7) is 4.55. The number of hydrogen-bond donors (Lipinski definition) is 2. The molecule has 0 saturated carbocycles. The standard InChI is InChI=1S/C42H43F4N9/c1-25(31-6-4-7-33(39(31)44)40(45)46)49-41-34-22-37(48-23-35(34)26(2)50-51-41)30-9-11-36(43)29(20-30)14-19-54-17-12-27(13-18-54)28-8-10-32-38(21-28)53(3)52-42(32)55-16-5-15-47-24-55/h4-11,16,20-23,25,27,40,47H,12-15,17-19,24H2,1-3H3,(H,49,51)/i15D,24D/t15?,24-,25?/m0/s1. The molecule has 5 heterocycles. The number of anilines is 2. The van der Waals surface area contributed by atoms with E-state index in [0.29, 0.717) is 52.9 Å². The van der Waals surface area contributed by atoms with Gasteiger partial charge in [-0.2, -0.15) is 10.2 Å². The van der Waals surface area contributed by atoms with Crippen LogP contribution in [-0.2, 0) is 13.5 Å². The molecule has 55 heavy (non-hydrogen) atoms. The highest BCUT2D eigenvalue weighted by atomic mass is 19.3. The normalized spacial score (nSPS) is 19.3. The summed E-state index contributed by atoms with van der Waals surface area (Å²) in [5.41, 5.74) is 4.23. The van der Waals surface area contributed by atoms with Crippen LogP contribution in [0.1, 0.15) is 68.8 Å². The first-order chi connectivity index (χ1) is 27.4. The molecule has 0 spiro atoms. The maximum Gasteiger partial charge on any atom is 0.266 e. The molecule has 2 unspecified atom stereocenters. The van der Waals surface area contributed by atoms with Crippen molar-refractivity contribution in [3.63, 3.8) is 0 Å². The second-order valence-corrected chi connectivity index (χ2v) is 14.3. The van der Waals surface area contributed by atoms with Gasteiger partial charge in [0, 0.05) is 61.2 Å². The fourth-order valence-electron chi connectivity index (χ4n) is 7.67. The van der Waals surface area contributed by atoms with E-state index in [0.717, 1.165) is 53.9 Å². The number of nitrogens with one attached hydrogen (secondary N) is 2. The molecular formula is C42H43F4N9. The van der Waals surface area contributed by atoms with Crippen molar-refractivity contribution in [3.8, 4) is 11.3 Å². The van der Waals surface area contributed by atoms with E-state index >= 15 is 4.39 Å². The number of aryl methyl sites for hydroxylation is 2. The largest absolute Gasteiger partial charge is 0.361 e. The topological polar surface area (TPSA) is 87.0 Å². The number of aromatic nitrogens is 5. The molecule has 13 heteroatoms. The van der Waals surface area contributed by atoms with Crippen molar-refractivity contribution in [2.45, 2.75) is 51.5 Å². The Hall–Kier alpha value is -5.40. The Bertz CT molecular complexity index is 2470. The second kappa shape index (κ2) is 15.4. The summed E-state index contributed by atoms with van der Waals surface area (Å²) in [7, 11) is 1.91. The van der Waals surface area contributed by atoms with Crippen molar-refractivity contribution >= 4 is 33.3 Å². The Labute approximate surface area is 319 Å². The monoisotopic (exact) mass is 751 g/mol. The minimum Gasteiger partial charge on any atom is -0.361 e. The molecule has 8 rings (SSSR count). The highest BCUT2D eigenvalue weighted by Gasteiger charge is 2.24. The van der Waals surface area contributed by atoms with Crippen molar-refractivity contribution < 1.29 is 20.3 Å². The van der Waals surface area contributed by atoms with Gasteiger partial charge in [0.05, 0.1) is 36.5 Å². The van der Waals surface area contributed by atoms with Gasteiger partial charge in [-0.1, -0.05) is 30.3 Å². The maximum absolute atomic E-state index is 15.2. The fourth-order valence-corrected chi connectivity index (χ4v) is 7.67. The molecule has 6 aromatic rings. The number of alkyl halides is 2. The van der Waals surface area contributed by atoms with Crippen molar-refractivity contribution in [2.75, 3.05) is 43.0 Å². The zero-order chi connectivity index (χ0) is 40.0. The van der Waals surface area contributed by atoms with E-state index < -0.39 is 37.0 Å². The van der Waals surface area contributed by atoms with Crippen LogP contribution in [-0.4, -0.2) is 62.7 Å². The van der Waals surface area contributed by atoms with E-state index in [1.807, 2.05) is 23.9 Å². The summed E-state index contributed by atoms with van der Waals surface area (Å²) in [6.07, 6.45) is 4.67. The van der Waals surface area contributed by atoms with Crippen LogP contribution < -0.4 is 15.5 Å². The highest BCUT2D eigenvalue weighted by molar-refractivity contribution is 5.95. The molecule has 0 aliphatic carbocycles. The van der Waals surface area contributed by atoms with E-state index in [9.17, 15) is 13.2 Å². The van der Waals surface area contributed by atoms with E-state index in [1.54, 1.807) is 43.3 Å². The first-order valence-corrected chi connectivity index (χ1v) is 18.5. The quantitative estimate of drug-likeness (QED) is 0.135. The Morgan fingerprint density at radius 2 is 1.80 bits per heavy atom. The lowest BCUT2D eigenvalue weighted by Gasteiger charge is -2.32. The number of rotatable bonds is 10. The maximum atomic E-state index is 15.2. The van der Waals surface area contributed by atoms with E-state index in [1.165, 1.54) is 23.8 Å². The summed E-state index contributed by atoms with van der Waals surface area (Å²) < 4.78 is 75.2. The first kappa shape index (κ1) is 34.1. The van der Waals surface area contributed by atoms with Gasteiger partial charge in [0.2, 0.25) is 0 Å². The van der Waals surface area contributed by atoms with Crippen molar-refractivity contribution in [1.82, 2.24) is 35.2 Å². The SMILES string of the molecule is [2H]C1C=CN(c2nn(C)c3cc(C4CCN(CCc5cc(-c6cc7c(NC(C)c8cccc(C(F)F)c8F)nnc(C)c7cn6)ccc5F)CC4)ccc23)[C@@H]([2H])N1. The van der Waals surface area contributed by atoms with Gasteiger partial charge in [-0.3, -0.25) is 15.0 Å².